The van der Waals surface area contributed by atoms with Crippen LogP contribution in [0.25, 0.3) is 16.6 Å². The Morgan fingerprint density at radius 3 is 2.40 bits per heavy atom. The van der Waals surface area contributed by atoms with Crippen molar-refractivity contribution in [1.29, 1.82) is 0 Å². The number of hydrogen-bond acceptors (Lipinski definition) is 3. The summed E-state index contributed by atoms with van der Waals surface area (Å²) in [5, 5.41) is 5.84. The Labute approximate surface area is 177 Å². The molecule has 1 saturated carbocycles. The molecule has 1 fully saturated rings. The number of nitrogens with two attached hydrogens (primary N) is 1. The maximum Gasteiger partial charge on any atom is 0.282 e. The molecule has 30 heavy (non-hydrogen) atoms. The first kappa shape index (κ1) is 18.9. The molecule has 2 aromatic carbocycles. The van der Waals surface area contributed by atoms with Crippen molar-refractivity contribution in [2.24, 2.45) is 5.73 Å². The molecule has 6 nitrogen and oxygen atoms in total. The fourth-order valence-corrected chi connectivity index (χ4v) is 4.81. The summed E-state index contributed by atoms with van der Waals surface area (Å²) in [6, 6.07) is 15.2. The van der Waals surface area contributed by atoms with E-state index in [1.807, 2.05) is 24.3 Å². The van der Waals surface area contributed by atoms with Gasteiger partial charge in [0.25, 0.3) is 11.5 Å². The first-order chi connectivity index (χ1) is 14.5. The maximum absolute atomic E-state index is 12.9. The van der Waals surface area contributed by atoms with Gasteiger partial charge in [0, 0.05) is 10.9 Å². The second-order valence-electron chi connectivity index (χ2n) is 7.96. The third kappa shape index (κ3) is 3.08. The molecule has 4 aromatic rings. The van der Waals surface area contributed by atoms with Crippen molar-refractivity contribution in [3.63, 3.8) is 0 Å². The van der Waals surface area contributed by atoms with Crippen LogP contribution in [0.3, 0.4) is 0 Å². The van der Waals surface area contributed by atoms with Gasteiger partial charge in [0.15, 0.2) is 5.65 Å². The summed E-state index contributed by atoms with van der Waals surface area (Å²) < 4.78 is 1.29. The molecule has 0 saturated heterocycles. The highest BCUT2D eigenvalue weighted by Crippen LogP contribution is 2.41. The average molecular weight is 421 g/mol. The number of aromatic amines is 1. The number of rotatable bonds is 3. The van der Waals surface area contributed by atoms with Gasteiger partial charge in [-0.3, -0.25) is 9.59 Å². The van der Waals surface area contributed by atoms with Gasteiger partial charge in [0.05, 0.1) is 16.6 Å². The maximum atomic E-state index is 12.9. The number of nitrogens with one attached hydrogen (secondary N) is 1. The molecule has 0 radical (unpaired) electrons. The predicted octanol–water partition coefficient (Wildman–Crippen LogP) is 4.37. The van der Waals surface area contributed by atoms with E-state index in [1.54, 1.807) is 12.1 Å². The average Bonchev–Trinajstić information content (AvgIpc) is 3.15. The minimum atomic E-state index is -0.564. The van der Waals surface area contributed by atoms with Crippen molar-refractivity contribution >= 4 is 34.1 Å². The number of carbonyl (C=O) groups is 1. The number of hydrogen-bond donors (Lipinski definition) is 2. The summed E-state index contributed by atoms with van der Waals surface area (Å²) in [5.74, 6) is -0.0191. The second kappa shape index (κ2) is 7.29. The van der Waals surface area contributed by atoms with Crippen LogP contribution < -0.4 is 11.3 Å². The zero-order valence-electron chi connectivity index (χ0n) is 16.3. The van der Waals surface area contributed by atoms with Crippen LogP contribution in [-0.4, -0.2) is 20.5 Å². The Bertz CT molecular complexity index is 1320. The predicted molar refractivity (Wildman–Crippen MR) is 117 cm³/mol. The lowest BCUT2D eigenvalue weighted by molar-refractivity contribution is 0.1000. The first-order valence-electron chi connectivity index (χ1n) is 10.1. The Morgan fingerprint density at radius 1 is 1.03 bits per heavy atom. The van der Waals surface area contributed by atoms with E-state index < -0.39 is 5.91 Å². The number of nitrogens with zero attached hydrogens (tertiary/aromatic N) is 2. The number of halogens is 1. The van der Waals surface area contributed by atoms with Crippen LogP contribution in [0.5, 0.6) is 0 Å². The number of H-pyrrole nitrogens is 1. The Kier molecular flexibility index (Phi) is 4.59. The molecule has 1 aliphatic carbocycles. The van der Waals surface area contributed by atoms with E-state index >= 15 is 0 Å². The molecule has 0 spiro atoms. The SMILES string of the molecule is NC(=O)c1c(C2CCC(c3ccc(Cl)cc3)CC2)nn2c(=O)c3ccccc3[nH]c12. The number of benzene rings is 2. The van der Waals surface area contributed by atoms with Crippen molar-refractivity contribution in [2.45, 2.75) is 37.5 Å². The third-order valence-electron chi connectivity index (χ3n) is 6.22. The zero-order valence-corrected chi connectivity index (χ0v) is 17.0. The van der Waals surface area contributed by atoms with Gasteiger partial charge >= 0.3 is 0 Å². The standard InChI is InChI=1S/C23H21ClN4O2/c24-16-11-9-14(10-12-16)13-5-7-15(8-6-13)20-19(21(25)29)22-26-18-4-2-1-3-17(18)23(30)28(22)27-20/h1-4,9-13,15,26H,5-8H2,(H2,25,29). The van der Waals surface area contributed by atoms with Gasteiger partial charge in [-0.1, -0.05) is 35.9 Å². The van der Waals surface area contributed by atoms with Gasteiger partial charge in [-0.15, -0.1) is 0 Å². The van der Waals surface area contributed by atoms with Gasteiger partial charge in [0.1, 0.15) is 5.56 Å². The van der Waals surface area contributed by atoms with Crippen LogP contribution in [0.4, 0.5) is 0 Å². The monoisotopic (exact) mass is 420 g/mol. The molecule has 152 valence electrons. The molecule has 1 aliphatic rings. The van der Waals surface area contributed by atoms with E-state index in [0.29, 0.717) is 33.7 Å². The van der Waals surface area contributed by atoms with E-state index in [1.165, 1.54) is 10.1 Å². The topological polar surface area (TPSA) is 93.2 Å². The lowest BCUT2D eigenvalue weighted by atomic mass is 9.77. The first-order valence-corrected chi connectivity index (χ1v) is 10.5. The minimum absolute atomic E-state index is 0.0897. The number of primary amides is 1. The summed E-state index contributed by atoms with van der Waals surface area (Å²) in [4.78, 5) is 28.5. The molecule has 0 bridgehead atoms. The van der Waals surface area contributed by atoms with E-state index in [9.17, 15) is 9.59 Å². The highest BCUT2D eigenvalue weighted by atomic mass is 35.5. The van der Waals surface area contributed by atoms with Crippen LogP contribution in [0.15, 0.2) is 53.3 Å². The number of carbonyl (C=O) groups excluding carboxylic acids is 1. The van der Waals surface area contributed by atoms with Crippen molar-refractivity contribution in [1.82, 2.24) is 14.6 Å². The summed E-state index contributed by atoms with van der Waals surface area (Å²) in [6.45, 7) is 0. The van der Waals surface area contributed by atoms with Gasteiger partial charge in [0.2, 0.25) is 0 Å². The quantitative estimate of drug-likeness (QED) is 0.515. The second-order valence-corrected chi connectivity index (χ2v) is 8.40. The number of aromatic nitrogens is 3. The normalized spacial score (nSPS) is 19.4. The molecular weight excluding hydrogens is 400 g/mol. The van der Waals surface area contributed by atoms with E-state index in [2.05, 4.69) is 22.2 Å². The van der Waals surface area contributed by atoms with Gasteiger partial charge in [-0.25, -0.2) is 0 Å². The van der Waals surface area contributed by atoms with Crippen molar-refractivity contribution in [3.05, 3.63) is 80.7 Å². The highest BCUT2D eigenvalue weighted by molar-refractivity contribution is 6.30. The largest absolute Gasteiger partial charge is 0.365 e. The summed E-state index contributed by atoms with van der Waals surface area (Å²) >= 11 is 6.01. The van der Waals surface area contributed by atoms with Gasteiger partial charge in [-0.05, 0) is 61.4 Å². The Balaban J connectivity index is 1.53. The molecule has 3 N–H and O–H groups in total. The van der Waals surface area contributed by atoms with Crippen LogP contribution in [-0.2, 0) is 0 Å². The molecule has 0 atom stereocenters. The number of para-hydroxylation sites is 1. The highest BCUT2D eigenvalue weighted by Gasteiger charge is 2.30. The molecule has 1 amide bonds. The zero-order chi connectivity index (χ0) is 20.8. The van der Waals surface area contributed by atoms with Crippen LogP contribution in [0.1, 0.15) is 59.1 Å². The lowest BCUT2D eigenvalue weighted by Crippen LogP contribution is -2.18. The third-order valence-corrected chi connectivity index (χ3v) is 6.47. The summed E-state index contributed by atoms with van der Waals surface area (Å²) in [6.07, 6.45) is 3.72. The minimum Gasteiger partial charge on any atom is -0.365 e. The van der Waals surface area contributed by atoms with Crippen molar-refractivity contribution < 1.29 is 4.79 Å². The van der Waals surface area contributed by atoms with Gasteiger partial charge < -0.3 is 10.7 Å². The summed E-state index contributed by atoms with van der Waals surface area (Å²) in [5.41, 5.74) is 8.76. The molecule has 2 heterocycles. The molecule has 7 heteroatoms. The molecular formula is C23H21ClN4O2. The van der Waals surface area contributed by atoms with Gasteiger partial charge in [-0.2, -0.15) is 9.61 Å². The summed E-state index contributed by atoms with van der Waals surface area (Å²) in [7, 11) is 0. The fraction of sp³-hybridized carbons (Fsp3) is 0.261. The molecule has 0 unspecified atom stereocenters. The van der Waals surface area contributed by atoms with E-state index in [-0.39, 0.29) is 11.5 Å². The molecule has 0 aliphatic heterocycles. The Morgan fingerprint density at radius 2 is 1.70 bits per heavy atom. The van der Waals surface area contributed by atoms with Crippen LogP contribution in [0.2, 0.25) is 5.02 Å². The van der Waals surface area contributed by atoms with E-state index in [4.69, 9.17) is 17.3 Å². The van der Waals surface area contributed by atoms with Crippen LogP contribution >= 0.6 is 11.6 Å². The number of fused-ring (bicyclic) bond motifs is 2. The molecule has 2 aromatic heterocycles. The lowest BCUT2D eigenvalue weighted by Gasteiger charge is -2.28. The van der Waals surface area contributed by atoms with E-state index in [0.717, 1.165) is 30.7 Å². The van der Waals surface area contributed by atoms with Crippen LogP contribution in [0, 0.1) is 0 Å². The molecule has 5 rings (SSSR count). The van der Waals surface area contributed by atoms with Crippen molar-refractivity contribution in [2.75, 3.05) is 0 Å². The van der Waals surface area contributed by atoms with Crippen molar-refractivity contribution in [3.8, 4) is 0 Å². The smallest absolute Gasteiger partial charge is 0.282 e. The Hall–Kier alpha value is -3.12. The fourth-order valence-electron chi connectivity index (χ4n) is 4.68. The number of amides is 1.